The van der Waals surface area contributed by atoms with Crippen molar-refractivity contribution in [3.05, 3.63) is 0 Å². The van der Waals surface area contributed by atoms with Gasteiger partial charge in [0, 0.05) is 12.5 Å². The van der Waals surface area contributed by atoms with Gasteiger partial charge in [-0.25, -0.2) is 9.59 Å². The summed E-state index contributed by atoms with van der Waals surface area (Å²) in [5.74, 6) is -1.16. The van der Waals surface area contributed by atoms with E-state index in [-0.39, 0.29) is 28.6 Å². The average Bonchev–Trinajstić information content (AvgIpc) is 2.81. The van der Waals surface area contributed by atoms with Crippen molar-refractivity contribution in [3.8, 4) is 0 Å². The normalized spacial score (nSPS) is 27.6. The summed E-state index contributed by atoms with van der Waals surface area (Å²) in [6, 6.07) is -1.65. The largest absolute Gasteiger partial charge is 0.480 e. The lowest BCUT2D eigenvalue weighted by molar-refractivity contribution is -0.151. The fourth-order valence-electron chi connectivity index (χ4n) is 4.26. The van der Waals surface area contributed by atoms with Crippen LogP contribution in [0.15, 0.2) is 0 Å². The molecule has 1 saturated heterocycles. The molecule has 4 atom stereocenters. The number of hydrogen-bond donors (Lipinski definition) is 2. The SMILES string of the molecule is CC(C)(C)C[C@H](NC(=O)OC(C)(C)C)C(=O)N1C[C@H]2[C@@H]([C@H]1C(=O)O)C2(C)C. The number of carbonyl (C=O) groups is 3. The van der Waals surface area contributed by atoms with Gasteiger partial charge in [-0.2, -0.15) is 0 Å². The highest BCUT2D eigenvalue weighted by molar-refractivity contribution is 5.90. The van der Waals surface area contributed by atoms with Crippen molar-refractivity contribution in [2.45, 2.75) is 79.5 Å². The minimum absolute atomic E-state index is 0.0317. The van der Waals surface area contributed by atoms with Crippen molar-refractivity contribution < 1.29 is 24.2 Å². The lowest BCUT2D eigenvalue weighted by atomic mass is 9.87. The molecular weight excluding hydrogens is 348 g/mol. The maximum Gasteiger partial charge on any atom is 0.408 e. The predicted molar refractivity (Wildman–Crippen MR) is 101 cm³/mol. The average molecular weight is 383 g/mol. The van der Waals surface area contributed by atoms with Crippen molar-refractivity contribution in [3.63, 3.8) is 0 Å². The van der Waals surface area contributed by atoms with E-state index in [1.165, 1.54) is 4.90 Å². The highest BCUT2D eigenvalue weighted by Gasteiger charge is 2.69. The molecule has 7 heteroatoms. The topological polar surface area (TPSA) is 95.9 Å². The number of fused-ring (bicyclic) bond motifs is 1. The zero-order valence-electron chi connectivity index (χ0n) is 17.8. The second-order valence-corrected chi connectivity index (χ2v) is 10.7. The number of amides is 2. The molecule has 1 aliphatic carbocycles. The Labute approximate surface area is 161 Å². The Bertz CT molecular complexity index is 629. The van der Waals surface area contributed by atoms with E-state index in [4.69, 9.17) is 4.74 Å². The molecule has 7 nitrogen and oxygen atoms in total. The second-order valence-electron chi connectivity index (χ2n) is 10.7. The Morgan fingerprint density at radius 2 is 1.74 bits per heavy atom. The van der Waals surface area contributed by atoms with Crippen LogP contribution >= 0.6 is 0 Å². The standard InChI is InChI=1S/C20H34N2O5/c1-18(2,3)9-12(21-17(26)27-19(4,5)6)15(23)22-10-11-13(20(11,7)8)14(22)16(24)25/h11-14H,9-10H2,1-8H3,(H,21,26)(H,24,25)/t11-,12-,13-,14-/m0/s1. The lowest BCUT2D eigenvalue weighted by Gasteiger charge is -2.34. The fourth-order valence-corrected chi connectivity index (χ4v) is 4.26. The summed E-state index contributed by atoms with van der Waals surface area (Å²) < 4.78 is 5.30. The van der Waals surface area contributed by atoms with Gasteiger partial charge in [0.05, 0.1) is 0 Å². The highest BCUT2D eigenvalue weighted by Crippen LogP contribution is 2.64. The van der Waals surface area contributed by atoms with Crippen molar-refractivity contribution in [1.82, 2.24) is 10.2 Å². The number of ether oxygens (including phenoxy) is 1. The number of nitrogens with zero attached hydrogens (tertiary/aromatic N) is 1. The van der Waals surface area contributed by atoms with Crippen LogP contribution in [0.3, 0.4) is 0 Å². The third kappa shape index (κ3) is 4.74. The van der Waals surface area contributed by atoms with E-state index in [0.29, 0.717) is 13.0 Å². The van der Waals surface area contributed by atoms with Crippen LogP contribution in [-0.2, 0) is 14.3 Å². The molecule has 2 N–H and O–H groups in total. The van der Waals surface area contributed by atoms with E-state index in [0.717, 1.165) is 0 Å². The highest BCUT2D eigenvalue weighted by atomic mass is 16.6. The van der Waals surface area contributed by atoms with Crippen LogP contribution in [0.2, 0.25) is 0 Å². The van der Waals surface area contributed by atoms with Crippen LogP contribution in [0.1, 0.15) is 61.8 Å². The molecular formula is C20H34N2O5. The molecule has 0 bridgehead atoms. The molecule has 0 aromatic rings. The third-order valence-electron chi connectivity index (χ3n) is 5.55. The molecule has 154 valence electrons. The van der Waals surface area contributed by atoms with Crippen molar-refractivity contribution in [2.24, 2.45) is 22.7 Å². The first kappa shape index (κ1) is 21.5. The van der Waals surface area contributed by atoms with Crippen LogP contribution in [0.25, 0.3) is 0 Å². The minimum Gasteiger partial charge on any atom is -0.480 e. The summed E-state index contributed by atoms with van der Waals surface area (Å²) >= 11 is 0. The van der Waals surface area contributed by atoms with Crippen LogP contribution in [0.5, 0.6) is 0 Å². The van der Waals surface area contributed by atoms with E-state index >= 15 is 0 Å². The zero-order chi connectivity index (χ0) is 20.9. The molecule has 1 saturated carbocycles. The Balaban J connectivity index is 2.18. The Kier molecular flexibility index (Phi) is 5.32. The Hall–Kier alpha value is -1.79. The number of piperidine rings is 1. The number of alkyl carbamates (subject to hydrolysis) is 1. The number of carboxylic acids is 1. The molecule has 27 heavy (non-hydrogen) atoms. The van der Waals surface area contributed by atoms with Crippen LogP contribution in [-0.4, -0.2) is 52.2 Å². The predicted octanol–water partition coefficient (Wildman–Crippen LogP) is 2.88. The second kappa shape index (κ2) is 6.67. The van der Waals surface area contributed by atoms with E-state index in [2.05, 4.69) is 5.32 Å². The van der Waals surface area contributed by atoms with Gasteiger partial charge in [-0.3, -0.25) is 4.79 Å². The number of aliphatic carboxylic acids is 1. The summed E-state index contributed by atoms with van der Waals surface area (Å²) in [5, 5.41) is 12.4. The quantitative estimate of drug-likeness (QED) is 0.779. The first-order valence-corrected chi connectivity index (χ1v) is 9.57. The molecule has 2 fully saturated rings. The molecule has 0 aromatic heterocycles. The van der Waals surface area contributed by atoms with Gasteiger partial charge in [0.2, 0.25) is 5.91 Å². The number of carbonyl (C=O) groups excluding carboxylic acids is 2. The van der Waals surface area contributed by atoms with Gasteiger partial charge in [0.15, 0.2) is 0 Å². The number of rotatable bonds is 4. The molecule has 1 heterocycles. The van der Waals surface area contributed by atoms with E-state index in [1.54, 1.807) is 20.8 Å². The number of carboxylic acid groups (broad SMARTS) is 1. The Morgan fingerprint density at radius 3 is 2.19 bits per heavy atom. The van der Waals surface area contributed by atoms with Gasteiger partial charge in [-0.15, -0.1) is 0 Å². The molecule has 2 rings (SSSR count). The van der Waals surface area contributed by atoms with Gasteiger partial charge < -0.3 is 20.1 Å². The first-order chi connectivity index (χ1) is 12.0. The molecule has 1 aliphatic heterocycles. The van der Waals surface area contributed by atoms with E-state index in [9.17, 15) is 19.5 Å². The summed E-state index contributed by atoms with van der Waals surface area (Å²) in [6.07, 6.45) is -0.270. The van der Waals surface area contributed by atoms with Crippen molar-refractivity contribution in [2.75, 3.05) is 6.54 Å². The Morgan fingerprint density at radius 1 is 1.19 bits per heavy atom. The van der Waals surface area contributed by atoms with Crippen molar-refractivity contribution in [1.29, 1.82) is 0 Å². The van der Waals surface area contributed by atoms with Gasteiger partial charge >= 0.3 is 12.1 Å². The monoisotopic (exact) mass is 382 g/mol. The molecule has 0 aromatic carbocycles. The first-order valence-electron chi connectivity index (χ1n) is 9.57. The zero-order valence-corrected chi connectivity index (χ0v) is 17.8. The minimum atomic E-state index is -0.979. The van der Waals surface area contributed by atoms with Gasteiger partial charge in [0.25, 0.3) is 0 Å². The molecule has 0 spiro atoms. The van der Waals surface area contributed by atoms with Gasteiger partial charge in [-0.05, 0) is 43.9 Å². The van der Waals surface area contributed by atoms with Crippen LogP contribution in [0, 0.1) is 22.7 Å². The van der Waals surface area contributed by atoms with Crippen LogP contribution < -0.4 is 5.32 Å². The number of hydrogen-bond acceptors (Lipinski definition) is 4. The maximum atomic E-state index is 13.2. The molecule has 0 radical (unpaired) electrons. The van der Waals surface area contributed by atoms with Gasteiger partial charge in [0.1, 0.15) is 17.7 Å². The van der Waals surface area contributed by atoms with Crippen molar-refractivity contribution >= 4 is 18.0 Å². The molecule has 2 amide bonds. The summed E-state index contributed by atoms with van der Waals surface area (Å²) in [5.41, 5.74) is -0.962. The lowest BCUT2D eigenvalue weighted by Crippen LogP contribution is -2.55. The maximum absolute atomic E-state index is 13.2. The third-order valence-corrected chi connectivity index (χ3v) is 5.55. The summed E-state index contributed by atoms with van der Waals surface area (Å²) in [6.45, 7) is 15.7. The van der Waals surface area contributed by atoms with E-state index < -0.39 is 29.7 Å². The smallest absolute Gasteiger partial charge is 0.408 e. The summed E-state index contributed by atoms with van der Waals surface area (Å²) in [7, 11) is 0. The fraction of sp³-hybridized carbons (Fsp3) is 0.850. The van der Waals surface area contributed by atoms with Gasteiger partial charge in [-0.1, -0.05) is 34.6 Å². The van der Waals surface area contributed by atoms with E-state index in [1.807, 2.05) is 34.6 Å². The van der Waals surface area contributed by atoms with Crippen LogP contribution in [0.4, 0.5) is 4.79 Å². The molecule has 0 unspecified atom stereocenters. The molecule has 2 aliphatic rings. The number of nitrogens with one attached hydrogen (secondary N) is 1. The number of likely N-dealkylation sites (tertiary alicyclic amines) is 1. The summed E-state index contributed by atoms with van der Waals surface area (Å²) in [4.78, 5) is 38.7.